The first-order chi connectivity index (χ1) is 14.1. The van der Waals surface area contributed by atoms with E-state index in [1.54, 1.807) is 12.1 Å². The van der Waals surface area contributed by atoms with Gasteiger partial charge in [-0.15, -0.1) is 0 Å². The molecule has 0 aliphatic rings. The quantitative estimate of drug-likeness (QED) is 0.352. The van der Waals surface area contributed by atoms with Crippen LogP contribution in [0.25, 0.3) is 0 Å². The van der Waals surface area contributed by atoms with Gasteiger partial charge in [-0.1, -0.05) is 107 Å². The Morgan fingerprint density at radius 1 is 0.485 bits per heavy atom. The molecule has 0 bridgehead atoms. The third kappa shape index (κ3) is 8.15. The molecular weight excluding hydrogens is 452 g/mol. The topological polar surface area (TPSA) is 98.2 Å². The SMILES string of the molecule is CC(C)(C)c1cc(N)c([O-])c(C(C)(C)C)c1.CC(C)(C)c1cc(N)c([O-])c(C(C)(C)C)c1.[Fe+2]. The van der Waals surface area contributed by atoms with Crippen LogP contribution in [0.4, 0.5) is 11.4 Å². The van der Waals surface area contributed by atoms with Gasteiger partial charge in [-0.2, -0.15) is 0 Å². The van der Waals surface area contributed by atoms with Crippen LogP contribution in [0.1, 0.15) is 105 Å². The van der Waals surface area contributed by atoms with E-state index in [-0.39, 0.29) is 50.2 Å². The van der Waals surface area contributed by atoms with Gasteiger partial charge >= 0.3 is 17.1 Å². The maximum Gasteiger partial charge on any atom is 2.00 e. The number of hydrogen-bond donors (Lipinski definition) is 2. The molecule has 186 valence electrons. The molecule has 4 nitrogen and oxygen atoms in total. The van der Waals surface area contributed by atoms with E-state index in [0.717, 1.165) is 22.3 Å². The second-order valence-corrected chi connectivity index (χ2v) is 12.9. The average molecular weight is 497 g/mol. The number of nitrogens with two attached hydrogens (primary N) is 2. The molecule has 0 aliphatic heterocycles. The molecule has 33 heavy (non-hydrogen) atoms. The Kier molecular flexibility index (Phi) is 9.62. The fraction of sp³-hybridized carbons (Fsp3) is 0.571. The predicted octanol–water partition coefficient (Wildman–Crippen LogP) is 5.87. The van der Waals surface area contributed by atoms with Crippen LogP contribution in [-0.4, -0.2) is 0 Å². The molecule has 0 saturated carbocycles. The van der Waals surface area contributed by atoms with Crippen LogP contribution in [0.2, 0.25) is 0 Å². The standard InChI is InChI=1S/2C14H23NO.Fe/c2*1-13(2,3)9-7-10(14(4,5)6)12(16)11(15)8-9;/h2*7-8,16H,15H2,1-6H3;/q;;+2/p-2. The molecule has 0 saturated heterocycles. The van der Waals surface area contributed by atoms with Gasteiger partial charge in [0.2, 0.25) is 0 Å². The van der Waals surface area contributed by atoms with Crippen molar-refractivity contribution in [1.82, 2.24) is 0 Å². The summed E-state index contributed by atoms with van der Waals surface area (Å²) in [5, 5.41) is 23.9. The van der Waals surface area contributed by atoms with Crippen LogP contribution in [-0.2, 0) is 38.7 Å². The Morgan fingerprint density at radius 3 is 0.909 bits per heavy atom. The summed E-state index contributed by atoms with van der Waals surface area (Å²) in [6.45, 7) is 25.0. The molecule has 0 radical (unpaired) electrons. The summed E-state index contributed by atoms with van der Waals surface area (Å²) < 4.78 is 0. The van der Waals surface area contributed by atoms with Gasteiger partial charge in [-0.25, -0.2) is 0 Å². The molecule has 2 rings (SSSR count). The van der Waals surface area contributed by atoms with Gasteiger partial charge < -0.3 is 21.7 Å². The number of benzene rings is 2. The first-order valence-corrected chi connectivity index (χ1v) is 11.3. The molecular formula is C28H44FeN2O2. The number of hydrogen-bond acceptors (Lipinski definition) is 4. The number of nitrogen functional groups attached to an aromatic ring is 2. The van der Waals surface area contributed by atoms with Crippen LogP contribution < -0.4 is 21.7 Å². The van der Waals surface area contributed by atoms with Crippen molar-refractivity contribution in [2.75, 3.05) is 11.5 Å². The first-order valence-electron chi connectivity index (χ1n) is 11.3. The summed E-state index contributed by atoms with van der Waals surface area (Å²) in [4.78, 5) is 0. The minimum atomic E-state index is -0.160. The molecule has 0 aliphatic carbocycles. The van der Waals surface area contributed by atoms with Crippen LogP contribution in [0.3, 0.4) is 0 Å². The zero-order valence-corrected chi connectivity index (χ0v) is 23.7. The zero-order chi connectivity index (χ0) is 25.4. The Labute approximate surface area is 212 Å². The Hall–Kier alpha value is -1.84. The Balaban J connectivity index is 0.000000602. The summed E-state index contributed by atoms with van der Waals surface area (Å²) >= 11 is 0. The van der Waals surface area contributed by atoms with Gasteiger partial charge in [-0.3, -0.25) is 0 Å². The van der Waals surface area contributed by atoms with Gasteiger partial charge in [0.05, 0.1) is 0 Å². The van der Waals surface area contributed by atoms with Crippen molar-refractivity contribution >= 4 is 11.4 Å². The normalized spacial score (nSPS) is 12.5. The summed E-state index contributed by atoms with van der Waals surface area (Å²) in [6.07, 6.45) is 0. The summed E-state index contributed by atoms with van der Waals surface area (Å²) in [6, 6.07) is 7.60. The van der Waals surface area contributed by atoms with Crippen molar-refractivity contribution in [2.24, 2.45) is 0 Å². The van der Waals surface area contributed by atoms with Crippen molar-refractivity contribution < 1.29 is 27.3 Å². The van der Waals surface area contributed by atoms with E-state index in [4.69, 9.17) is 11.5 Å². The van der Waals surface area contributed by atoms with Crippen molar-refractivity contribution in [3.05, 3.63) is 46.5 Å². The molecule has 0 aromatic heterocycles. The van der Waals surface area contributed by atoms with Crippen molar-refractivity contribution in [1.29, 1.82) is 0 Å². The second kappa shape index (κ2) is 10.2. The van der Waals surface area contributed by atoms with E-state index in [1.165, 1.54) is 0 Å². The summed E-state index contributed by atoms with van der Waals surface area (Å²) in [5.74, 6) is -0.0546. The maximum atomic E-state index is 12.0. The molecule has 0 heterocycles. The van der Waals surface area contributed by atoms with Crippen LogP contribution in [0.5, 0.6) is 11.5 Å². The van der Waals surface area contributed by atoms with E-state index >= 15 is 0 Å². The molecule has 0 amide bonds. The summed E-state index contributed by atoms with van der Waals surface area (Å²) in [7, 11) is 0. The fourth-order valence-corrected chi connectivity index (χ4v) is 3.28. The van der Waals surface area contributed by atoms with Crippen molar-refractivity contribution in [3.63, 3.8) is 0 Å². The van der Waals surface area contributed by atoms with Crippen LogP contribution in [0, 0.1) is 0 Å². The maximum absolute atomic E-state index is 12.0. The Bertz CT molecular complexity index is 875. The molecule has 0 fully saturated rings. The van der Waals surface area contributed by atoms with Crippen molar-refractivity contribution in [3.8, 4) is 11.5 Å². The van der Waals surface area contributed by atoms with Gasteiger partial charge in [0.1, 0.15) is 0 Å². The second-order valence-electron chi connectivity index (χ2n) is 12.9. The van der Waals surface area contributed by atoms with Gasteiger partial charge in [0, 0.05) is 11.4 Å². The van der Waals surface area contributed by atoms with Crippen molar-refractivity contribution in [2.45, 2.75) is 105 Å². The largest absolute Gasteiger partial charge is 2.00 e. The molecule has 0 atom stereocenters. The predicted molar refractivity (Wildman–Crippen MR) is 135 cm³/mol. The molecule has 2 aromatic rings. The fourth-order valence-electron chi connectivity index (χ4n) is 3.28. The molecule has 2 aromatic carbocycles. The number of anilines is 2. The van der Waals surface area contributed by atoms with E-state index < -0.39 is 0 Å². The van der Waals surface area contributed by atoms with Gasteiger partial charge in [0.15, 0.2) is 0 Å². The van der Waals surface area contributed by atoms with Crippen LogP contribution >= 0.6 is 0 Å². The summed E-state index contributed by atoms with van der Waals surface area (Å²) in [5.41, 5.74) is 15.9. The molecule has 0 unspecified atom stereocenters. The minimum absolute atomic E-state index is 0. The van der Waals surface area contributed by atoms with Gasteiger partial charge in [-0.05, 0) is 56.0 Å². The average Bonchev–Trinajstić information content (AvgIpc) is 2.56. The van der Waals surface area contributed by atoms with E-state index in [1.807, 2.05) is 53.7 Å². The molecule has 4 N–H and O–H groups in total. The number of rotatable bonds is 0. The van der Waals surface area contributed by atoms with E-state index in [0.29, 0.717) is 11.4 Å². The third-order valence-corrected chi connectivity index (χ3v) is 5.58. The molecule has 5 heteroatoms. The minimum Gasteiger partial charge on any atom is -0.871 e. The van der Waals surface area contributed by atoms with Gasteiger partial charge in [0.25, 0.3) is 0 Å². The van der Waals surface area contributed by atoms with E-state index in [2.05, 4.69) is 41.5 Å². The van der Waals surface area contributed by atoms with Crippen LogP contribution in [0.15, 0.2) is 24.3 Å². The Morgan fingerprint density at radius 2 is 0.727 bits per heavy atom. The monoisotopic (exact) mass is 496 g/mol. The van der Waals surface area contributed by atoms with E-state index in [9.17, 15) is 10.2 Å². The zero-order valence-electron chi connectivity index (χ0n) is 22.6. The smallest absolute Gasteiger partial charge is 0.871 e. The third-order valence-electron chi connectivity index (χ3n) is 5.58. The molecule has 0 spiro atoms. The first kappa shape index (κ1) is 31.2.